The highest BCUT2D eigenvalue weighted by molar-refractivity contribution is 9.10. The molecule has 0 aliphatic carbocycles. The van der Waals surface area contributed by atoms with Crippen molar-refractivity contribution in [2.45, 2.75) is 33.7 Å². The zero-order valence-electron chi connectivity index (χ0n) is 9.09. The summed E-state index contributed by atoms with van der Waals surface area (Å²) in [6, 6.07) is 0. The Hall–Kier alpha value is -1.08. The topological polar surface area (TPSA) is 34.9 Å². The molecule has 3 nitrogen and oxygen atoms in total. The zero-order chi connectivity index (χ0) is 11.4. The van der Waals surface area contributed by atoms with E-state index in [0.717, 1.165) is 15.9 Å². The molecule has 0 saturated carbocycles. The van der Waals surface area contributed by atoms with E-state index in [9.17, 15) is 4.79 Å². The normalized spacial score (nSPS) is 9.60. The van der Waals surface area contributed by atoms with Crippen molar-refractivity contribution in [1.82, 2.24) is 9.55 Å². The minimum absolute atomic E-state index is 0.203. The molecule has 0 amide bonds. The predicted molar refractivity (Wildman–Crippen MR) is 63.7 cm³/mol. The van der Waals surface area contributed by atoms with E-state index in [0.29, 0.717) is 13.0 Å². The first-order valence-electron chi connectivity index (χ1n) is 4.71. The van der Waals surface area contributed by atoms with Crippen LogP contribution >= 0.6 is 15.9 Å². The summed E-state index contributed by atoms with van der Waals surface area (Å²) in [4.78, 5) is 15.5. The molecule has 0 fully saturated rings. The minimum Gasteiger partial charge on any atom is -0.294 e. The highest BCUT2D eigenvalue weighted by atomic mass is 79.9. The van der Waals surface area contributed by atoms with Gasteiger partial charge < -0.3 is 0 Å². The van der Waals surface area contributed by atoms with Gasteiger partial charge in [-0.05, 0) is 36.7 Å². The minimum atomic E-state index is -0.203. The summed E-state index contributed by atoms with van der Waals surface area (Å²) >= 11 is 3.41. The monoisotopic (exact) mass is 268 g/mol. The Kier molecular flexibility index (Phi) is 4.10. The van der Waals surface area contributed by atoms with Crippen LogP contribution in [0.5, 0.6) is 0 Å². The van der Waals surface area contributed by atoms with Crippen LogP contribution in [0.2, 0.25) is 0 Å². The average Bonchev–Trinajstić information content (AvgIpc) is 2.20. The quantitative estimate of drug-likeness (QED) is 0.770. The molecule has 0 spiro atoms. The first-order valence-corrected chi connectivity index (χ1v) is 5.50. The second kappa shape index (κ2) is 5.13. The molecule has 0 unspecified atom stereocenters. The largest absolute Gasteiger partial charge is 0.348 e. The van der Waals surface area contributed by atoms with E-state index in [2.05, 4.69) is 32.8 Å². The van der Waals surface area contributed by atoms with Gasteiger partial charge in [-0.1, -0.05) is 0 Å². The van der Waals surface area contributed by atoms with Crippen molar-refractivity contribution in [2.24, 2.45) is 0 Å². The second-order valence-corrected chi connectivity index (χ2v) is 4.00. The molecule has 1 heterocycles. The molecule has 1 aromatic heterocycles. The molecule has 4 heteroatoms. The third-order valence-electron chi connectivity index (χ3n) is 2.17. The lowest BCUT2D eigenvalue weighted by Gasteiger charge is -2.10. The maximum atomic E-state index is 11.6. The molecular weight excluding hydrogens is 256 g/mol. The summed E-state index contributed by atoms with van der Waals surface area (Å²) in [5.74, 6) is 5.74. The van der Waals surface area contributed by atoms with Gasteiger partial charge in [0, 0.05) is 18.7 Å². The van der Waals surface area contributed by atoms with Crippen molar-refractivity contribution >= 4 is 15.9 Å². The van der Waals surface area contributed by atoms with E-state index in [4.69, 9.17) is 0 Å². The van der Waals surface area contributed by atoms with Crippen molar-refractivity contribution < 1.29 is 0 Å². The van der Waals surface area contributed by atoms with E-state index in [1.165, 1.54) is 0 Å². The highest BCUT2D eigenvalue weighted by Crippen LogP contribution is 2.16. The smallest absolute Gasteiger partial charge is 0.294 e. The molecule has 0 atom stereocenters. The van der Waals surface area contributed by atoms with E-state index >= 15 is 0 Å². The number of aryl methyl sites for hydroxylation is 1. The number of hydrogen-bond acceptors (Lipinski definition) is 2. The zero-order valence-corrected chi connectivity index (χ0v) is 10.7. The molecule has 0 aliphatic heterocycles. The van der Waals surface area contributed by atoms with Gasteiger partial charge in [0.15, 0.2) is 0 Å². The van der Waals surface area contributed by atoms with E-state index in [1.807, 2.05) is 13.8 Å². The summed E-state index contributed by atoms with van der Waals surface area (Å²) in [7, 11) is 0. The Balaban J connectivity index is 3.11. The predicted octanol–water partition coefficient (Wildman–Crippen LogP) is 2.04. The summed E-state index contributed by atoms with van der Waals surface area (Å²) in [6.45, 7) is 6.10. The molecule has 0 aromatic carbocycles. The number of nitrogens with zero attached hydrogens (tertiary/aromatic N) is 2. The Morgan fingerprint density at radius 2 is 2.13 bits per heavy atom. The fourth-order valence-corrected chi connectivity index (χ4v) is 1.64. The number of halogens is 1. The Morgan fingerprint density at radius 1 is 1.47 bits per heavy atom. The summed E-state index contributed by atoms with van der Waals surface area (Å²) < 4.78 is 2.54. The molecule has 0 saturated heterocycles. The lowest BCUT2D eigenvalue weighted by Crippen LogP contribution is -2.26. The average molecular weight is 269 g/mol. The van der Waals surface area contributed by atoms with Gasteiger partial charge in [-0.15, -0.1) is 11.8 Å². The first kappa shape index (κ1) is 12.0. The van der Waals surface area contributed by atoms with Crippen molar-refractivity contribution in [2.75, 3.05) is 0 Å². The number of hydrogen-bond donors (Lipinski definition) is 0. The van der Waals surface area contributed by atoms with Crippen LogP contribution in [0.15, 0.2) is 9.27 Å². The van der Waals surface area contributed by atoms with Gasteiger partial charge >= 0.3 is 5.69 Å². The SMILES string of the molecule is CC#CCCn1c(C)c(Br)c(C)nc1=O. The van der Waals surface area contributed by atoms with Gasteiger partial charge in [-0.3, -0.25) is 4.57 Å². The molecule has 0 bridgehead atoms. The van der Waals surface area contributed by atoms with Crippen molar-refractivity contribution in [1.29, 1.82) is 0 Å². The van der Waals surface area contributed by atoms with Crippen LogP contribution in [0.4, 0.5) is 0 Å². The van der Waals surface area contributed by atoms with Gasteiger partial charge in [-0.25, -0.2) is 4.79 Å². The maximum Gasteiger partial charge on any atom is 0.348 e. The molecule has 0 aliphatic rings. The summed E-state index contributed by atoms with van der Waals surface area (Å²) in [5, 5.41) is 0. The van der Waals surface area contributed by atoms with E-state index in [1.54, 1.807) is 11.5 Å². The van der Waals surface area contributed by atoms with Gasteiger partial charge in [0.05, 0.1) is 10.2 Å². The summed E-state index contributed by atoms with van der Waals surface area (Å²) in [6.07, 6.45) is 0.675. The van der Waals surface area contributed by atoms with E-state index in [-0.39, 0.29) is 5.69 Å². The van der Waals surface area contributed by atoms with Crippen LogP contribution in [0.1, 0.15) is 24.7 Å². The molecule has 1 rings (SSSR count). The molecule has 1 aromatic rings. The van der Waals surface area contributed by atoms with Crippen LogP contribution in [0, 0.1) is 25.7 Å². The Labute approximate surface area is 97.7 Å². The lowest BCUT2D eigenvalue weighted by atomic mass is 10.3. The Bertz CT molecular complexity index is 480. The molecular formula is C11H13BrN2O. The van der Waals surface area contributed by atoms with Gasteiger partial charge in [0.25, 0.3) is 0 Å². The maximum absolute atomic E-state index is 11.6. The fraction of sp³-hybridized carbons (Fsp3) is 0.455. The van der Waals surface area contributed by atoms with Crippen molar-refractivity contribution in [3.05, 3.63) is 26.3 Å². The lowest BCUT2D eigenvalue weighted by molar-refractivity contribution is 0.636. The number of aromatic nitrogens is 2. The molecule has 0 radical (unpaired) electrons. The van der Waals surface area contributed by atoms with Crippen LogP contribution in [0.3, 0.4) is 0 Å². The van der Waals surface area contributed by atoms with Gasteiger partial charge in [0.2, 0.25) is 0 Å². The molecule has 0 N–H and O–H groups in total. The van der Waals surface area contributed by atoms with Crippen LogP contribution < -0.4 is 5.69 Å². The van der Waals surface area contributed by atoms with Crippen molar-refractivity contribution in [3.8, 4) is 11.8 Å². The number of rotatable bonds is 2. The third-order valence-corrected chi connectivity index (χ3v) is 3.32. The highest BCUT2D eigenvalue weighted by Gasteiger charge is 2.07. The van der Waals surface area contributed by atoms with Crippen LogP contribution in [0.25, 0.3) is 0 Å². The van der Waals surface area contributed by atoms with Gasteiger partial charge in [-0.2, -0.15) is 4.98 Å². The van der Waals surface area contributed by atoms with Crippen molar-refractivity contribution in [3.63, 3.8) is 0 Å². The van der Waals surface area contributed by atoms with Gasteiger partial charge in [0.1, 0.15) is 0 Å². The third kappa shape index (κ3) is 2.69. The van der Waals surface area contributed by atoms with Crippen LogP contribution in [-0.2, 0) is 6.54 Å². The Morgan fingerprint density at radius 3 is 2.73 bits per heavy atom. The summed E-state index contributed by atoms with van der Waals surface area (Å²) in [5.41, 5.74) is 1.44. The fourth-order valence-electron chi connectivity index (χ4n) is 1.33. The van der Waals surface area contributed by atoms with E-state index < -0.39 is 0 Å². The molecule has 15 heavy (non-hydrogen) atoms. The van der Waals surface area contributed by atoms with Crippen LogP contribution in [-0.4, -0.2) is 9.55 Å². The second-order valence-electron chi connectivity index (χ2n) is 3.21. The standard InChI is InChI=1S/C11H13BrN2O/c1-4-5-6-7-14-9(3)10(12)8(2)13-11(14)15/h6-7H2,1-3H3. The first-order chi connectivity index (χ1) is 7.07. The molecule has 80 valence electrons.